The predicted molar refractivity (Wildman–Crippen MR) is 128 cm³/mol. The quantitative estimate of drug-likeness (QED) is 0.384. The van der Waals surface area contributed by atoms with Gasteiger partial charge in [-0.05, 0) is 31.2 Å². The number of aromatic nitrogens is 6. The van der Waals surface area contributed by atoms with Gasteiger partial charge in [-0.1, -0.05) is 16.8 Å². The summed E-state index contributed by atoms with van der Waals surface area (Å²) in [6, 6.07) is 4.13. The van der Waals surface area contributed by atoms with Crippen LogP contribution in [0.3, 0.4) is 0 Å². The molecule has 5 heterocycles. The van der Waals surface area contributed by atoms with Crippen molar-refractivity contribution in [3.63, 3.8) is 0 Å². The van der Waals surface area contributed by atoms with Gasteiger partial charge in [-0.3, -0.25) is 0 Å². The predicted octanol–water partition coefficient (Wildman–Crippen LogP) is 4.06. The van der Waals surface area contributed by atoms with Crippen molar-refractivity contribution in [1.29, 1.82) is 0 Å². The number of benzene rings is 1. The van der Waals surface area contributed by atoms with Crippen LogP contribution in [-0.2, 0) is 20.4 Å². The number of rotatable bonds is 5. The molecule has 1 N–H and O–H groups in total. The Morgan fingerprint density at radius 2 is 2.05 bits per heavy atom. The van der Waals surface area contributed by atoms with Crippen molar-refractivity contribution in [2.45, 2.75) is 49.3 Å². The Bertz CT molecular complexity index is 1460. The molecular weight excluding hydrogens is 549 g/mol. The molecule has 4 aromatic rings. The molecule has 2 saturated heterocycles. The molecule has 10 nitrogen and oxygen atoms in total. The summed E-state index contributed by atoms with van der Waals surface area (Å²) in [5, 5.41) is 26.0. The lowest BCUT2D eigenvalue weighted by Gasteiger charge is -2.57. The number of thiazole rings is 1. The number of hydrogen-bond donors (Lipinski definition) is 1. The lowest BCUT2D eigenvalue weighted by molar-refractivity contribution is -0.426. The first-order valence-electron chi connectivity index (χ1n) is 11.4. The van der Waals surface area contributed by atoms with Gasteiger partial charge in [0.2, 0.25) is 0 Å². The average Bonchev–Trinajstić information content (AvgIpc) is 3.63. The largest absolute Gasteiger partial charge is 0.418 e. The van der Waals surface area contributed by atoms with Crippen LogP contribution in [0, 0.1) is 0 Å². The molecule has 200 valence electrons. The smallest absolute Gasteiger partial charge is 0.376 e. The zero-order chi connectivity index (χ0) is 26.8. The highest BCUT2D eigenvalue weighted by Gasteiger charge is 2.63. The maximum atomic E-state index is 13.9. The maximum Gasteiger partial charge on any atom is 0.418 e. The van der Waals surface area contributed by atoms with E-state index in [2.05, 4.69) is 20.4 Å². The molecule has 6 atom stereocenters. The van der Waals surface area contributed by atoms with Crippen molar-refractivity contribution in [3.8, 4) is 16.4 Å². The molecule has 0 saturated carbocycles. The van der Waals surface area contributed by atoms with E-state index in [1.54, 1.807) is 17.1 Å². The van der Waals surface area contributed by atoms with E-state index in [-0.39, 0.29) is 16.4 Å². The Labute approximate surface area is 222 Å². The topological polar surface area (TPSA) is 109 Å². The maximum absolute atomic E-state index is 13.9. The third kappa shape index (κ3) is 4.12. The molecule has 0 aliphatic carbocycles. The van der Waals surface area contributed by atoms with Gasteiger partial charge in [-0.25, -0.2) is 14.3 Å². The summed E-state index contributed by atoms with van der Waals surface area (Å²) in [5.74, 6) is -1.64. The lowest BCUT2D eigenvalue weighted by Crippen LogP contribution is -2.71. The van der Waals surface area contributed by atoms with Crippen LogP contribution in [0.2, 0.25) is 5.02 Å². The highest BCUT2D eigenvalue weighted by Crippen LogP contribution is 2.50. The van der Waals surface area contributed by atoms with Gasteiger partial charge in [-0.2, -0.15) is 18.3 Å². The fourth-order valence-corrected chi connectivity index (χ4v) is 5.77. The molecular formula is C23H20ClF3N6O4S. The number of nitrogens with zero attached hydrogens (tertiary/aromatic N) is 6. The molecule has 38 heavy (non-hydrogen) atoms. The van der Waals surface area contributed by atoms with Gasteiger partial charge in [0.05, 0.1) is 23.1 Å². The number of alkyl halides is 3. The minimum atomic E-state index is -4.66. The molecule has 3 aromatic heterocycles. The lowest BCUT2D eigenvalue weighted by atomic mass is 9.83. The zero-order valence-electron chi connectivity index (χ0n) is 19.8. The van der Waals surface area contributed by atoms with E-state index < -0.39 is 48.0 Å². The van der Waals surface area contributed by atoms with Gasteiger partial charge in [0.1, 0.15) is 41.2 Å². The van der Waals surface area contributed by atoms with Gasteiger partial charge >= 0.3 is 6.18 Å². The Morgan fingerprint density at radius 3 is 2.74 bits per heavy atom. The van der Waals surface area contributed by atoms with E-state index in [1.165, 1.54) is 49.8 Å². The van der Waals surface area contributed by atoms with Gasteiger partial charge in [0.25, 0.3) is 0 Å². The number of aliphatic hydroxyl groups is 1. The fraction of sp³-hybridized carbons (Fsp3) is 0.391. The molecule has 15 heteroatoms. The molecule has 0 radical (unpaired) electrons. The third-order valence-corrected chi connectivity index (χ3v) is 7.69. The number of ether oxygens (including phenoxy) is 3. The van der Waals surface area contributed by atoms with Crippen LogP contribution >= 0.6 is 22.9 Å². The van der Waals surface area contributed by atoms with Crippen molar-refractivity contribution in [3.05, 3.63) is 64.5 Å². The summed E-state index contributed by atoms with van der Waals surface area (Å²) < 4.78 is 62.2. The molecule has 2 aliphatic heterocycles. The van der Waals surface area contributed by atoms with Gasteiger partial charge in [-0.15, -0.1) is 16.4 Å². The second-order valence-electron chi connectivity index (χ2n) is 9.05. The Kier molecular flexibility index (Phi) is 6.09. The average molecular weight is 569 g/mol. The minimum Gasteiger partial charge on any atom is -0.376 e. The van der Waals surface area contributed by atoms with E-state index in [1.807, 2.05) is 5.38 Å². The first-order chi connectivity index (χ1) is 18.1. The van der Waals surface area contributed by atoms with Crippen molar-refractivity contribution in [2.75, 3.05) is 7.11 Å². The fourth-order valence-electron chi connectivity index (χ4n) is 5.01. The van der Waals surface area contributed by atoms with E-state index >= 15 is 0 Å². The molecule has 0 amide bonds. The van der Waals surface area contributed by atoms with Gasteiger partial charge in [0.15, 0.2) is 5.79 Å². The Hall–Kier alpha value is -2.88. The molecule has 0 spiro atoms. The SMILES string of the molecule is COC1C(n2cc(-c3nccs3)nn2)[C@H]2OC(C)(O)C2O[C@H]1c1ccnn1-c1cc(Cl)ccc1C(F)(F)F. The molecule has 2 aliphatic rings. The molecule has 4 unspecified atom stereocenters. The van der Waals surface area contributed by atoms with E-state index in [9.17, 15) is 18.3 Å². The summed E-state index contributed by atoms with van der Waals surface area (Å²) in [6.45, 7) is 1.45. The van der Waals surface area contributed by atoms with Crippen molar-refractivity contribution >= 4 is 22.9 Å². The molecule has 1 aromatic carbocycles. The van der Waals surface area contributed by atoms with Crippen molar-refractivity contribution < 1.29 is 32.5 Å². The summed E-state index contributed by atoms with van der Waals surface area (Å²) in [5.41, 5.74) is -0.407. The molecule has 2 fully saturated rings. The van der Waals surface area contributed by atoms with E-state index in [0.717, 1.165) is 10.7 Å². The van der Waals surface area contributed by atoms with Crippen LogP contribution in [0.5, 0.6) is 0 Å². The Morgan fingerprint density at radius 1 is 1.24 bits per heavy atom. The number of fused-ring (bicyclic) bond motifs is 1. The summed E-state index contributed by atoms with van der Waals surface area (Å²) >= 11 is 7.47. The number of halogens is 4. The highest BCUT2D eigenvalue weighted by atomic mass is 35.5. The molecule has 0 bridgehead atoms. The summed E-state index contributed by atoms with van der Waals surface area (Å²) in [7, 11) is 1.45. The zero-order valence-corrected chi connectivity index (χ0v) is 21.4. The van der Waals surface area contributed by atoms with Crippen LogP contribution < -0.4 is 0 Å². The normalized spacial score (nSPS) is 29.2. The summed E-state index contributed by atoms with van der Waals surface area (Å²) in [4.78, 5) is 4.25. The minimum absolute atomic E-state index is 0.105. The van der Waals surface area contributed by atoms with E-state index in [0.29, 0.717) is 10.7 Å². The van der Waals surface area contributed by atoms with Crippen molar-refractivity contribution in [2.24, 2.45) is 0 Å². The number of hydrogen-bond acceptors (Lipinski definition) is 9. The molecule has 6 rings (SSSR count). The third-order valence-electron chi connectivity index (χ3n) is 6.66. The van der Waals surface area contributed by atoms with Crippen LogP contribution in [0.4, 0.5) is 13.2 Å². The first-order valence-corrected chi connectivity index (χ1v) is 12.7. The van der Waals surface area contributed by atoms with Gasteiger partial charge < -0.3 is 19.3 Å². The number of methoxy groups -OCH3 is 1. The Balaban J connectivity index is 1.45. The van der Waals surface area contributed by atoms with Crippen LogP contribution in [0.1, 0.15) is 30.3 Å². The second kappa shape index (κ2) is 9.10. The van der Waals surface area contributed by atoms with Crippen LogP contribution in [-0.4, -0.2) is 66.1 Å². The van der Waals surface area contributed by atoms with Crippen molar-refractivity contribution in [1.82, 2.24) is 29.8 Å². The first kappa shape index (κ1) is 25.4. The monoisotopic (exact) mass is 568 g/mol. The second-order valence-corrected chi connectivity index (χ2v) is 10.4. The van der Waals surface area contributed by atoms with E-state index in [4.69, 9.17) is 25.8 Å². The van der Waals surface area contributed by atoms with Gasteiger partial charge in [0, 0.05) is 29.9 Å². The standard InChI is InChI=1S/C23H20ClF3N6O4S/c1-22(34)20-19(37-22)16(32-10-13(30-31-32)21-28-7-8-38-21)18(35-2)17(36-20)14-5-6-29-33(14)15-9-11(24)3-4-12(15)23(25,26)27/h3-10,16-20,34H,1-2H3/t16?,17-,18?,19+,20?,22?/m0/s1. The van der Waals surface area contributed by atoms with Crippen LogP contribution in [0.25, 0.3) is 16.4 Å². The highest BCUT2D eigenvalue weighted by molar-refractivity contribution is 7.13. The summed E-state index contributed by atoms with van der Waals surface area (Å²) in [6.07, 6.45) is -3.29. The van der Waals surface area contributed by atoms with Crippen LogP contribution in [0.15, 0.2) is 48.2 Å².